The van der Waals surface area contributed by atoms with Crippen LogP contribution in [0.15, 0.2) is 16.6 Å². The number of nitrogens with zero attached hydrogens (tertiary/aromatic N) is 1. The molecule has 0 unspecified atom stereocenters. The normalized spacial score (nSPS) is 16.9. The number of aromatic nitrogens is 1. The summed E-state index contributed by atoms with van der Waals surface area (Å²) < 4.78 is 1.14. The van der Waals surface area contributed by atoms with Gasteiger partial charge in [0.1, 0.15) is 5.01 Å². The fourth-order valence-electron chi connectivity index (χ4n) is 2.91. The van der Waals surface area contributed by atoms with Crippen molar-refractivity contribution in [3.8, 4) is 10.6 Å². The number of ketones is 1. The van der Waals surface area contributed by atoms with Crippen LogP contribution in [0.3, 0.4) is 0 Å². The van der Waals surface area contributed by atoms with Crippen LogP contribution in [0.1, 0.15) is 46.8 Å². The maximum atomic E-state index is 12.3. The van der Waals surface area contributed by atoms with Crippen molar-refractivity contribution in [2.45, 2.75) is 40.5 Å². The first kappa shape index (κ1) is 14.9. The van der Waals surface area contributed by atoms with E-state index in [1.165, 1.54) is 11.1 Å². The fraction of sp³-hybridized carbons (Fsp3) is 0.412. The van der Waals surface area contributed by atoms with Crippen LogP contribution in [0, 0.1) is 19.3 Å². The number of rotatable bonds is 1. The predicted octanol–water partition coefficient (Wildman–Crippen LogP) is 5.34. The smallest absolute Gasteiger partial charge is 0.175 e. The van der Waals surface area contributed by atoms with Crippen LogP contribution in [0.2, 0.25) is 0 Å². The molecule has 1 aromatic heterocycles. The SMILES string of the molecule is Cc1cc(-c2nc3c(s2)C(=O)CC(C)(C)C3)cc(C)c1Br. The van der Waals surface area contributed by atoms with Crippen molar-refractivity contribution < 1.29 is 4.79 Å². The van der Waals surface area contributed by atoms with E-state index in [2.05, 4.69) is 55.8 Å². The number of halogens is 1. The molecule has 3 rings (SSSR count). The van der Waals surface area contributed by atoms with Gasteiger partial charge in [0.25, 0.3) is 0 Å². The summed E-state index contributed by atoms with van der Waals surface area (Å²) in [7, 11) is 0. The minimum atomic E-state index is 0.0287. The number of aryl methyl sites for hydroxylation is 2. The Morgan fingerprint density at radius 2 is 1.81 bits per heavy atom. The van der Waals surface area contributed by atoms with E-state index in [0.29, 0.717) is 6.42 Å². The highest BCUT2D eigenvalue weighted by Crippen LogP contribution is 2.40. The summed E-state index contributed by atoms with van der Waals surface area (Å²) in [4.78, 5) is 17.9. The summed E-state index contributed by atoms with van der Waals surface area (Å²) >= 11 is 5.14. The first-order valence-corrected chi connectivity index (χ1v) is 8.68. The van der Waals surface area contributed by atoms with Gasteiger partial charge in [0.2, 0.25) is 0 Å². The van der Waals surface area contributed by atoms with Crippen molar-refractivity contribution >= 4 is 33.0 Å². The highest BCUT2D eigenvalue weighted by molar-refractivity contribution is 9.10. The maximum absolute atomic E-state index is 12.3. The number of carbonyl (C=O) groups is 1. The van der Waals surface area contributed by atoms with E-state index in [1.54, 1.807) is 11.3 Å². The number of benzene rings is 1. The summed E-state index contributed by atoms with van der Waals surface area (Å²) in [6, 6.07) is 4.27. The number of Topliss-reactive ketones (excluding diaryl/α,β-unsaturated/α-hetero) is 1. The first-order valence-electron chi connectivity index (χ1n) is 7.07. The number of carbonyl (C=O) groups excluding carboxylic acids is 1. The molecule has 0 saturated heterocycles. The van der Waals surface area contributed by atoms with E-state index in [0.717, 1.165) is 32.0 Å². The molecule has 1 aromatic carbocycles. The predicted molar refractivity (Wildman–Crippen MR) is 91.2 cm³/mol. The molecule has 1 aliphatic carbocycles. The fourth-order valence-corrected chi connectivity index (χ4v) is 4.15. The molecule has 0 amide bonds. The Hall–Kier alpha value is -1.00. The van der Waals surface area contributed by atoms with Gasteiger partial charge in [0.15, 0.2) is 5.78 Å². The Kier molecular flexibility index (Phi) is 3.57. The lowest BCUT2D eigenvalue weighted by Crippen LogP contribution is -2.25. The third kappa shape index (κ3) is 2.71. The van der Waals surface area contributed by atoms with Gasteiger partial charge in [-0.25, -0.2) is 4.98 Å². The lowest BCUT2D eigenvalue weighted by molar-refractivity contribution is 0.0916. The van der Waals surface area contributed by atoms with Crippen LogP contribution in [0.4, 0.5) is 0 Å². The molecule has 0 N–H and O–H groups in total. The zero-order chi connectivity index (χ0) is 15.4. The van der Waals surface area contributed by atoms with Crippen LogP contribution in [-0.4, -0.2) is 10.8 Å². The van der Waals surface area contributed by atoms with Gasteiger partial charge in [0, 0.05) is 16.5 Å². The zero-order valence-electron chi connectivity index (χ0n) is 12.7. The summed E-state index contributed by atoms with van der Waals surface area (Å²) in [5, 5.41) is 0.963. The van der Waals surface area contributed by atoms with E-state index >= 15 is 0 Å². The number of thiazole rings is 1. The summed E-state index contributed by atoms with van der Waals surface area (Å²) in [5.74, 6) is 0.246. The minimum Gasteiger partial charge on any atom is -0.293 e. The molecule has 110 valence electrons. The van der Waals surface area contributed by atoms with Gasteiger partial charge in [-0.1, -0.05) is 29.8 Å². The molecular formula is C17H18BrNOS. The zero-order valence-corrected chi connectivity index (χ0v) is 15.1. The van der Waals surface area contributed by atoms with Gasteiger partial charge < -0.3 is 0 Å². The molecule has 0 fully saturated rings. The van der Waals surface area contributed by atoms with Crippen LogP contribution in [0.25, 0.3) is 10.6 Å². The van der Waals surface area contributed by atoms with E-state index in [1.807, 2.05) is 0 Å². The van der Waals surface area contributed by atoms with Crippen molar-refractivity contribution in [1.29, 1.82) is 0 Å². The molecule has 2 aromatic rings. The molecule has 0 bridgehead atoms. The monoisotopic (exact) mass is 363 g/mol. The summed E-state index contributed by atoms with van der Waals surface area (Å²) in [6.45, 7) is 8.45. The Bertz CT molecular complexity index is 722. The van der Waals surface area contributed by atoms with Gasteiger partial charge in [-0.2, -0.15) is 0 Å². The van der Waals surface area contributed by atoms with Gasteiger partial charge in [0.05, 0.1) is 10.6 Å². The van der Waals surface area contributed by atoms with Crippen LogP contribution in [0.5, 0.6) is 0 Å². The molecule has 21 heavy (non-hydrogen) atoms. The van der Waals surface area contributed by atoms with Crippen molar-refractivity contribution in [3.63, 3.8) is 0 Å². The van der Waals surface area contributed by atoms with Crippen molar-refractivity contribution in [2.24, 2.45) is 5.41 Å². The highest BCUT2D eigenvalue weighted by Gasteiger charge is 2.34. The standard InChI is InChI=1S/C17H18BrNOS/c1-9-5-11(6-10(2)14(9)18)16-19-12-7-17(3,4)8-13(20)15(12)21-16/h5-6H,7-8H2,1-4H3. The molecule has 0 aliphatic heterocycles. The third-order valence-electron chi connectivity index (χ3n) is 3.92. The second kappa shape index (κ2) is 5.03. The van der Waals surface area contributed by atoms with Gasteiger partial charge in [-0.05, 0) is 48.9 Å². The summed E-state index contributed by atoms with van der Waals surface area (Å²) in [6.07, 6.45) is 1.51. The lowest BCUT2D eigenvalue weighted by Gasteiger charge is -2.26. The topological polar surface area (TPSA) is 30.0 Å². The highest BCUT2D eigenvalue weighted by atomic mass is 79.9. The average Bonchev–Trinajstić information content (AvgIpc) is 2.77. The summed E-state index contributed by atoms with van der Waals surface area (Å²) in [5.41, 5.74) is 4.52. The van der Waals surface area contributed by atoms with Crippen molar-refractivity contribution in [2.75, 3.05) is 0 Å². The van der Waals surface area contributed by atoms with Crippen molar-refractivity contribution in [3.05, 3.63) is 38.3 Å². The quantitative estimate of drug-likeness (QED) is 0.683. The number of hydrogen-bond acceptors (Lipinski definition) is 3. The van der Waals surface area contributed by atoms with E-state index in [-0.39, 0.29) is 11.2 Å². The second-order valence-corrected chi connectivity index (χ2v) is 8.45. The van der Waals surface area contributed by atoms with Crippen LogP contribution in [-0.2, 0) is 6.42 Å². The molecular weight excluding hydrogens is 346 g/mol. The molecule has 0 radical (unpaired) electrons. The molecule has 0 saturated carbocycles. The molecule has 0 atom stereocenters. The maximum Gasteiger partial charge on any atom is 0.175 e. The molecule has 1 heterocycles. The Labute approximate surface area is 137 Å². The molecule has 4 heteroatoms. The minimum absolute atomic E-state index is 0.0287. The lowest BCUT2D eigenvalue weighted by atomic mass is 9.78. The Balaban J connectivity index is 2.09. The van der Waals surface area contributed by atoms with Gasteiger partial charge in [-0.3, -0.25) is 4.79 Å². The molecule has 2 nitrogen and oxygen atoms in total. The molecule has 0 spiro atoms. The Morgan fingerprint density at radius 1 is 1.19 bits per heavy atom. The van der Waals surface area contributed by atoms with Gasteiger partial charge in [-0.15, -0.1) is 11.3 Å². The molecule has 1 aliphatic rings. The third-order valence-corrected chi connectivity index (χ3v) is 6.36. The van der Waals surface area contributed by atoms with E-state index < -0.39 is 0 Å². The van der Waals surface area contributed by atoms with E-state index in [9.17, 15) is 4.79 Å². The van der Waals surface area contributed by atoms with Crippen LogP contribution >= 0.6 is 27.3 Å². The second-order valence-electron chi connectivity index (χ2n) is 6.66. The van der Waals surface area contributed by atoms with Crippen molar-refractivity contribution in [1.82, 2.24) is 4.98 Å². The first-order chi connectivity index (χ1) is 9.77. The van der Waals surface area contributed by atoms with E-state index in [4.69, 9.17) is 4.98 Å². The average molecular weight is 364 g/mol. The largest absolute Gasteiger partial charge is 0.293 e. The number of hydrogen-bond donors (Lipinski definition) is 0. The van der Waals surface area contributed by atoms with Crippen LogP contribution < -0.4 is 0 Å². The number of fused-ring (bicyclic) bond motifs is 1. The van der Waals surface area contributed by atoms with Gasteiger partial charge >= 0.3 is 0 Å². The Morgan fingerprint density at radius 3 is 2.43 bits per heavy atom.